The van der Waals surface area contributed by atoms with Crippen LogP contribution in [0.15, 0.2) is 31.6 Å². The number of nitrogens with zero attached hydrogens (tertiary/aromatic N) is 4. The van der Waals surface area contributed by atoms with E-state index in [-0.39, 0.29) is 30.0 Å². The highest BCUT2D eigenvalue weighted by Gasteiger charge is 2.35. The van der Waals surface area contributed by atoms with Crippen molar-refractivity contribution < 1.29 is 23.8 Å². The summed E-state index contributed by atoms with van der Waals surface area (Å²) in [6, 6.07) is 3.17. The van der Waals surface area contributed by atoms with E-state index < -0.39 is 11.9 Å². The van der Waals surface area contributed by atoms with Crippen molar-refractivity contribution in [1.29, 1.82) is 0 Å². The third-order valence-corrected chi connectivity index (χ3v) is 4.15. The number of aliphatic imine (C=N–C) groups is 2. The number of carbonyl (C=O) groups excluding carboxylic acids is 2. The molecule has 126 valence electrons. The van der Waals surface area contributed by atoms with Crippen molar-refractivity contribution in [2.45, 2.75) is 5.75 Å². The molecule has 0 saturated carbocycles. The van der Waals surface area contributed by atoms with Gasteiger partial charge in [0.1, 0.15) is 17.5 Å². The van der Waals surface area contributed by atoms with Crippen LogP contribution in [0.2, 0.25) is 0 Å². The SMILES string of the molecule is COC(=O)c1ccc(CSC2=NC(=O)C3C=NN(CCO)C3=N2)o1. The summed E-state index contributed by atoms with van der Waals surface area (Å²) in [6.07, 6.45) is 1.47. The second kappa shape index (κ2) is 6.97. The van der Waals surface area contributed by atoms with Crippen molar-refractivity contribution in [3.63, 3.8) is 0 Å². The molecule has 0 bridgehead atoms. The second-order valence-electron chi connectivity index (χ2n) is 4.84. The van der Waals surface area contributed by atoms with Gasteiger partial charge in [-0.2, -0.15) is 10.1 Å². The van der Waals surface area contributed by atoms with Crippen LogP contribution in [-0.4, -0.2) is 59.5 Å². The van der Waals surface area contributed by atoms with Crippen molar-refractivity contribution in [3.05, 3.63) is 23.7 Å². The third kappa shape index (κ3) is 3.24. The maximum atomic E-state index is 12.0. The number of furan rings is 1. The van der Waals surface area contributed by atoms with E-state index in [1.807, 2.05) is 0 Å². The minimum Gasteiger partial charge on any atom is -0.463 e. The second-order valence-corrected chi connectivity index (χ2v) is 5.78. The molecule has 1 unspecified atom stereocenters. The molecule has 1 N–H and O–H groups in total. The number of methoxy groups -OCH3 is 1. The molecule has 2 aliphatic rings. The Kier molecular flexibility index (Phi) is 4.76. The Morgan fingerprint density at radius 1 is 1.46 bits per heavy atom. The van der Waals surface area contributed by atoms with Gasteiger partial charge in [0.15, 0.2) is 5.17 Å². The molecule has 10 heteroatoms. The predicted molar refractivity (Wildman–Crippen MR) is 87.0 cm³/mol. The Balaban J connectivity index is 1.67. The van der Waals surface area contributed by atoms with Crippen LogP contribution in [0.25, 0.3) is 0 Å². The number of β-amino-alcohol motifs (C(OH)–C–C–N with tert-alkyl or cyclic N) is 1. The van der Waals surface area contributed by atoms with Gasteiger partial charge in [-0.05, 0) is 12.1 Å². The molecule has 0 aliphatic carbocycles. The Bertz CT molecular complexity index is 754. The zero-order valence-electron chi connectivity index (χ0n) is 12.7. The summed E-state index contributed by atoms with van der Waals surface area (Å²) < 4.78 is 9.92. The number of hydrazone groups is 1. The fourth-order valence-corrected chi connectivity index (χ4v) is 2.89. The molecule has 0 radical (unpaired) electrons. The first-order valence-corrected chi connectivity index (χ1v) is 8.04. The van der Waals surface area contributed by atoms with E-state index in [9.17, 15) is 9.59 Å². The van der Waals surface area contributed by atoms with E-state index in [1.54, 1.807) is 6.07 Å². The number of hydrogen-bond acceptors (Lipinski definition) is 9. The van der Waals surface area contributed by atoms with Crippen LogP contribution in [-0.2, 0) is 15.3 Å². The minimum absolute atomic E-state index is 0.0976. The van der Waals surface area contributed by atoms with Gasteiger partial charge in [-0.15, -0.1) is 0 Å². The number of amides is 1. The predicted octanol–water partition coefficient (Wildman–Crippen LogP) is 0.504. The molecule has 1 atom stereocenters. The van der Waals surface area contributed by atoms with Crippen molar-refractivity contribution in [2.75, 3.05) is 20.3 Å². The van der Waals surface area contributed by atoms with Gasteiger partial charge in [0, 0.05) is 6.21 Å². The van der Waals surface area contributed by atoms with Gasteiger partial charge in [-0.3, -0.25) is 4.79 Å². The summed E-state index contributed by atoms with van der Waals surface area (Å²) >= 11 is 1.21. The zero-order valence-corrected chi connectivity index (χ0v) is 13.5. The molecule has 2 aliphatic heterocycles. The molecule has 1 amide bonds. The van der Waals surface area contributed by atoms with Crippen LogP contribution < -0.4 is 0 Å². The molecule has 1 aromatic heterocycles. The van der Waals surface area contributed by atoms with Gasteiger partial charge in [0.25, 0.3) is 5.91 Å². The van der Waals surface area contributed by atoms with E-state index >= 15 is 0 Å². The number of carbonyl (C=O) groups is 2. The van der Waals surface area contributed by atoms with Crippen LogP contribution in [0.3, 0.4) is 0 Å². The molecule has 0 fully saturated rings. The minimum atomic E-state index is -0.588. The van der Waals surface area contributed by atoms with Gasteiger partial charge in [-0.25, -0.2) is 14.8 Å². The molecule has 0 spiro atoms. The lowest BCUT2D eigenvalue weighted by atomic mass is 10.1. The molecular weight excluding hydrogens is 336 g/mol. The van der Waals surface area contributed by atoms with E-state index in [1.165, 1.54) is 36.2 Å². The van der Waals surface area contributed by atoms with Crippen molar-refractivity contribution in [1.82, 2.24) is 5.01 Å². The normalized spacial score (nSPS) is 19.2. The fraction of sp³-hybridized carbons (Fsp3) is 0.357. The maximum Gasteiger partial charge on any atom is 0.373 e. The van der Waals surface area contributed by atoms with Crippen LogP contribution in [0.5, 0.6) is 0 Å². The average Bonchev–Trinajstić information content (AvgIpc) is 3.20. The summed E-state index contributed by atoms with van der Waals surface area (Å²) in [4.78, 5) is 31.6. The van der Waals surface area contributed by atoms with Gasteiger partial charge >= 0.3 is 5.97 Å². The molecule has 3 heterocycles. The van der Waals surface area contributed by atoms with E-state index in [0.29, 0.717) is 17.3 Å². The summed E-state index contributed by atoms with van der Waals surface area (Å²) in [5.41, 5.74) is 0. The van der Waals surface area contributed by atoms with Crippen molar-refractivity contribution >= 4 is 40.9 Å². The van der Waals surface area contributed by atoms with Gasteiger partial charge in [0.2, 0.25) is 5.76 Å². The molecule has 3 rings (SSSR count). The van der Waals surface area contributed by atoms with Crippen molar-refractivity contribution in [2.24, 2.45) is 21.0 Å². The van der Waals surface area contributed by atoms with Crippen LogP contribution >= 0.6 is 11.8 Å². The van der Waals surface area contributed by atoms with Crippen LogP contribution in [0.1, 0.15) is 16.3 Å². The number of hydrogen-bond donors (Lipinski definition) is 1. The van der Waals surface area contributed by atoms with Gasteiger partial charge in [-0.1, -0.05) is 11.8 Å². The number of aliphatic hydroxyl groups is 1. The Hall–Kier alpha value is -2.46. The number of ether oxygens (including phenoxy) is 1. The Morgan fingerprint density at radius 2 is 2.29 bits per heavy atom. The number of aliphatic hydroxyl groups excluding tert-OH is 1. The van der Waals surface area contributed by atoms with Crippen LogP contribution in [0.4, 0.5) is 0 Å². The number of thioether (sulfide) groups is 1. The maximum absolute atomic E-state index is 12.0. The topological polar surface area (TPSA) is 117 Å². The molecule has 24 heavy (non-hydrogen) atoms. The number of fused-ring (bicyclic) bond motifs is 1. The average molecular weight is 350 g/mol. The lowest BCUT2D eigenvalue weighted by Gasteiger charge is -2.19. The highest BCUT2D eigenvalue weighted by atomic mass is 32.2. The lowest BCUT2D eigenvalue weighted by molar-refractivity contribution is -0.118. The zero-order chi connectivity index (χ0) is 17.1. The number of rotatable bonds is 5. The Morgan fingerprint density at radius 3 is 3.04 bits per heavy atom. The summed E-state index contributed by atoms with van der Waals surface area (Å²) in [7, 11) is 1.27. The molecule has 9 nitrogen and oxygen atoms in total. The first kappa shape index (κ1) is 16.4. The summed E-state index contributed by atoms with van der Waals surface area (Å²) in [5.74, 6) is -0.0293. The molecule has 0 aromatic carbocycles. The standard InChI is InChI=1S/C14H14N4O5S/c1-22-13(21)10-3-2-8(23-10)7-24-14-16-11-9(12(20)17-14)6-15-18(11)4-5-19/h2-3,6,9,19H,4-5,7H2,1H3. The lowest BCUT2D eigenvalue weighted by Crippen LogP contribution is -2.35. The molecule has 1 aromatic rings. The molecule has 0 saturated heterocycles. The van der Waals surface area contributed by atoms with Crippen molar-refractivity contribution in [3.8, 4) is 0 Å². The molecular formula is C14H14N4O5S. The number of esters is 1. The van der Waals surface area contributed by atoms with Crippen LogP contribution in [0, 0.1) is 5.92 Å². The highest BCUT2D eigenvalue weighted by molar-refractivity contribution is 8.13. The largest absolute Gasteiger partial charge is 0.463 e. The Labute approximate surface area is 141 Å². The van der Waals surface area contributed by atoms with Gasteiger partial charge < -0.3 is 14.3 Å². The van der Waals surface area contributed by atoms with E-state index in [4.69, 9.17) is 9.52 Å². The van der Waals surface area contributed by atoms with E-state index in [2.05, 4.69) is 19.8 Å². The highest BCUT2D eigenvalue weighted by Crippen LogP contribution is 2.24. The van der Waals surface area contributed by atoms with E-state index in [0.717, 1.165) is 0 Å². The monoisotopic (exact) mass is 350 g/mol. The summed E-state index contributed by atoms with van der Waals surface area (Å²) in [6.45, 7) is 0.164. The first-order chi connectivity index (χ1) is 11.6. The summed E-state index contributed by atoms with van der Waals surface area (Å²) in [5, 5.41) is 14.9. The third-order valence-electron chi connectivity index (χ3n) is 3.28. The number of amidine groups is 2. The first-order valence-electron chi connectivity index (χ1n) is 7.06. The smallest absolute Gasteiger partial charge is 0.373 e. The fourth-order valence-electron chi connectivity index (χ4n) is 2.15. The van der Waals surface area contributed by atoms with Gasteiger partial charge in [0.05, 0.1) is 26.0 Å². The quantitative estimate of drug-likeness (QED) is 0.769.